The number of rotatable bonds is 5. The molecule has 0 saturated carbocycles. The van der Waals surface area contributed by atoms with Crippen LogP contribution in [-0.4, -0.2) is 25.0 Å². The molecule has 1 rings (SSSR count). The summed E-state index contributed by atoms with van der Waals surface area (Å²) in [5, 5.41) is 0. The van der Waals surface area contributed by atoms with Gasteiger partial charge >= 0.3 is 0 Å². The Labute approximate surface area is 88.7 Å². The lowest BCUT2D eigenvalue weighted by molar-refractivity contribution is 0.316. The molecule has 0 aliphatic rings. The molecule has 0 bridgehead atoms. The van der Waals surface area contributed by atoms with E-state index in [1.54, 1.807) is 6.07 Å². The van der Waals surface area contributed by atoms with Crippen molar-refractivity contribution in [1.29, 1.82) is 0 Å². The zero-order valence-corrected chi connectivity index (χ0v) is 8.84. The zero-order chi connectivity index (χ0) is 11.3. The van der Waals surface area contributed by atoms with E-state index in [0.29, 0.717) is 18.7 Å². The first-order valence-corrected chi connectivity index (χ1v) is 4.96. The van der Waals surface area contributed by atoms with Gasteiger partial charge in [-0.2, -0.15) is 0 Å². The molecule has 0 atom stereocenters. The van der Waals surface area contributed by atoms with Gasteiger partial charge < -0.3 is 10.6 Å². The molecule has 1 aromatic carbocycles. The number of hydrogen-bond acceptors (Lipinski definition) is 2. The average molecular weight is 214 g/mol. The minimum atomic E-state index is -0.792. The van der Waals surface area contributed by atoms with E-state index in [0.717, 1.165) is 19.0 Å². The molecule has 0 heterocycles. The Morgan fingerprint density at radius 3 is 2.73 bits per heavy atom. The van der Waals surface area contributed by atoms with Gasteiger partial charge in [0.1, 0.15) is 0 Å². The molecule has 0 spiro atoms. The van der Waals surface area contributed by atoms with E-state index >= 15 is 0 Å². The van der Waals surface area contributed by atoms with Gasteiger partial charge in [-0.05, 0) is 32.6 Å². The van der Waals surface area contributed by atoms with E-state index in [2.05, 4.69) is 0 Å². The van der Waals surface area contributed by atoms with Crippen molar-refractivity contribution in [3.05, 3.63) is 35.4 Å². The molecular weight excluding hydrogens is 198 g/mol. The third kappa shape index (κ3) is 3.57. The van der Waals surface area contributed by atoms with E-state index in [1.165, 1.54) is 6.07 Å². The second kappa shape index (κ2) is 5.78. The van der Waals surface area contributed by atoms with E-state index < -0.39 is 11.6 Å². The summed E-state index contributed by atoms with van der Waals surface area (Å²) in [6.45, 7) is 1.80. The topological polar surface area (TPSA) is 29.3 Å². The third-order valence-corrected chi connectivity index (χ3v) is 2.22. The molecule has 2 N–H and O–H groups in total. The third-order valence-electron chi connectivity index (χ3n) is 2.22. The Balaban J connectivity index is 2.60. The van der Waals surface area contributed by atoms with Gasteiger partial charge in [-0.25, -0.2) is 8.78 Å². The van der Waals surface area contributed by atoms with Gasteiger partial charge in [0.15, 0.2) is 11.6 Å². The van der Waals surface area contributed by atoms with E-state index in [1.807, 2.05) is 11.9 Å². The van der Waals surface area contributed by atoms with Gasteiger partial charge in [0.25, 0.3) is 0 Å². The van der Waals surface area contributed by atoms with Gasteiger partial charge in [-0.3, -0.25) is 0 Å². The molecule has 0 fully saturated rings. The van der Waals surface area contributed by atoms with Crippen LogP contribution in [0.5, 0.6) is 0 Å². The molecular formula is C11H16F2N2. The molecule has 0 unspecified atom stereocenters. The summed E-state index contributed by atoms with van der Waals surface area (Å²) < 4.78 is 26.1. The molecule has 15 heavy (non-hydrogen) atoms. The Bertz CT molecular complexity index is 315. The van der Waals surface area contributed by atoms with Gasteiger partial charge in [0.05, 0.1) is 0 Å². The van der Waals surface area contributed by atoms with Crippen molar-refractivity contribution in [2.24, 2.45) is 5.73 Å². The number of hydrogen-bond donors (Lipinski definition) is 1. The van der Waals surface area contributed by atoms with Crippen LogP contribution in [0.1, 0.15) is 12.0 Å². The maximum absolute atomic E-state index is 13.3. The maximum Gasteiger partial charge on any atom is 0.163 e. The number of halogens is 2. The van der Waals surface area contributed by atoms with Crippen LogP contribution in [0, 0.1) is 11.6 Å². The largest absolute Gasteiger partial charge is 0.330 e. The second-order valence-corrected chi connectivity index (χ2v) is 3.59. The highest BCUT2D eigenvalue weighted by Gasteiger charge is 2.09. The molecule has 84 valence electrons. The van der Waals surface area contributed by atoms with Crippen molar-refractivity contribution in [3.8, 4) is 0 Å². The maximum atomic E-state index is 13.3. The summed E-state index contributed by atoms with van der Waals surface area (Å²) in [7, 11) is 1.86. The van der Waals surface area contributed by atoms with Gasteiger partial charge in [0, 0.05) is 12.1 Å². The lowest BCUT2D eigenvalue weighted by Gasteiger charge is -2.16. The second-order valence-electron chi connectivity index (χ2n) is 3.59. The lowest BCUT2D eigenvalue weighted by Crippen LogP contribution is -2.22. The van der Waals surface area contributed by atoms with E-state index in [9.17, 15) is 8.78 Å². The summed E-state index contributed by atoms with van der Waals surface area (Å²) in [5.41, 5.74) is 5.75. The highest BCUT2D eigenvalue weighted by molar-refractivity contribution is 5.18. The molecule has 1 aromatic rings. The SMILES string of the molecule is CN(CCCN)Cc1cccc(F)c1F. The molecule has 0 aliphatic carbocycles. The van der Waals surface area contributed by atoms with Crippen LogP contribution in [0.3, 0.4) is 0 Å². The highest BCUT2D eigenvalue weighted by atomic mass is 19.2. The Morgan fingerprint density at radius 1 is 1.33 bits per heavy atom. The summed E-state index contributed by atoms with van der Waals surface area (Å²) in [5.74, 6) is -1.54. The van der Waals surface area contributed by atoms with Crippen molar-refractivity contribution < 1.29 is 8.78 Å². The van der Waals surface area contributed by atoms with Crippen molar-refractivity contribution >= 4 is 0 Å². The standard InChI is InChI=1S/C11H16F2N2/c1-15(7-3-6-14)8-9-4-2-5-10(12)11(9)13/h2,4-5H,3,6-8,14H2,1H3. The van der Waals surface area contributed by atoms with Gasteiger partial charge in [0.2, 0.25) is 0 Å². The van der Waals surface area contributed by atoms with Gasteiger partial charge in [-0.1, -0.05) is 12.1 Å². The number of nitrogens with zero attached hydrogens (tertiary/aromatic N) is 1. The first kappa shape index (κ1) is 12.1. The lowest BCUT2D eigenvalue weighted by atomic mass is 10.2. The summed E-state index contributed by atoms with van der Waals surface area (Å²) >= 11 is 0. The van der Waals surface area contributed by atoms with Crippen molar-refractivity contribution in [2.45, 2.75) is 13.0 Å². The Kier molecular flexibility index (Phi) is 4.65. The van der Waals surface area contributed by atoms with E-state index in [4.69, 9.17) is 5.73 Å². The van der Waals surface area contributed by atoms with Gasteiger partial charge in [-0.15, -0.1) is 0 Å². The summed E-state index contributed by atoms with van der Waals surface area (Å²) in [4.78, 5) is 1.92. The fourth-order valence-corrected chi connectivity index (χ4v) is 1.40. The van der Waals surface area contributed by atoms with Crippen molar-refractivity contribution in [3.63, 3.8) is 0 Å². The molecule has 0 saturated heterocycles. The Hall–Kier alpha value is -1.00. The van der Waals surface area contributed by atoms with Crippen LogP contribution >= 0.6 is 0 Å². The molecule has 0 aliphatic heterocycles. The van der Waals surface area contributed by atoms with Crippen molar-refractivity contribution in [1.82, 2.24) is 4.90 Å². The fourth-order valence-electron chi connectivity index (χ4n) is 1.40. The minimum absolute atomic E-state index is 0.384. The summed E-state index contributed by atoms with van der Waals surface area (Å²) in [6.07, 6.45) is 0.855. The first-order valence-electron chi connectivity index (χ1n) is 4.96. The van der Waals surface area contributed by atoms with Crippen LogP contribution in [0.2, 0.25) is 0 Å². The highest BCUT2D eigenvalue weighted by Crippen LogP contribution is 2.12. The fraction of sp³-hybridized carbons (Fsp3) is 0.455. The quantitative estimate of drug-likeness (QED) is 0.809. The molecule has 0 aromatic heterocycles. The normalized spacial score (nSPS) is 11.0. The monoisotopic (exact) mass is 214 g/mol. The number of nitrogens with two attached hydrogens (primary N) is 1. The minimum Gasteiger partial charge on any atom is -0.330 e. The molecule has 0 amide bonds. The van der Waals surface area contributed by atoms with Crippen molar-refractivity contribution in [2.75, 3.05) is 20.1 Å². The van der Waals surface area contributed by atoms with Crippen LogP contribution in [-0.2, 0) is 6.54 Å². The Morgan fingerprint density at radius 2 is 2.07 bits per heavy atom. The summed E-state index contributed by atoms with van der Waals surface area (Å²) in [6, 6.07) is 4.24. The van der Waals surface area contributed by atoms with Crippen LogP contribution in [0.4, 0.5) is 8.78 Å². The molecule has 4 heteroatoms. The predicted octanol–water partition coefficient (Wildman–Crippen LogP) is 1.75. The molecule has 2 nitrogen and oxygen atoms in total. The smallest absolute Gasteiger partial charge is 0.163 e. The van der Waals surface area contributed by atoms with E-state index in [-0.39, 0.29) is 0 Å². The first-order chi connectivity index (χ1) is 7.15. The predicted molar refractivity (Wildman–Crippen MR) is 56.4 cm³/mol. The molecule has 0 radical (unpaired) electrons. The number of benzene rings is 1. The van der Waals surface area contributed by atoms with Crippen LogP contribution in [0.25, 0.3) is 0 Å². The van der Waals surface area contributed by atoms with Crippen LogP contribution < -0.4 is 5.73 Å². The zero-order valence-electron chi connectivity index (χ0n) is 8.84. The average Bonchev–Trinajstić information content (AvgIpc) is 2.22. The van der Waals surface area contributed by atoms with Crippen LogP contribution in [0.15, 0.2) is 18.2 Å².